The standard InChI is InChI=1S/C20H25N/c1-14-5-4-6-15(2)19(14)11-8-17-9-12-20-18(13-17)10-7-16(3)21-20/h4-6,9,12-13,16,21H,7-8,10-11H2,1-3H3. The molecule has 1 aliphatic rings. The fraction of sp³-hybridized carbons (Fsp3) is 0.400. The predicted octanol–water partition coefficient (Wildman–Crippen LogP) is 4.84. The van der Waals surface area contributed by atoms with Gasteiger partial charge in [0.2, 0.25) is 0 Å². The van der Waals surface area contributed by atoms with Gasteiger partial charge in [-0.3, -0.25) is 0 Å². The summed E-state index contributed by atoms with van der Waals surface area (Å²) in [5.41, 5.74) is 8.65. The van der Waals surface area contributed by atoms with E-state index in [1.807, 2.05) is 0 Å². The summed E-state index contributed by atoms with van der Waals surface area (Å²) in [6.07, 6.45) is 4.73. The molecule has 3 rings (SSSR count). The van der Waals surface area contributed by atoms with Crippen LogP contribution in [0.3, 0.4) is 0 Å². The van der Waals surface area contributed by atoms with Crippen LogP contribution in [0.5, 0.6) is 0 Å². The Morgan fingerprint density at radius 1 is 1.05 bits per heavy atom. The zero-order valence-corrected chi connectivity index (χ0v) is 13.4. The summed E-state index contributed by atoms with van der Waals surface area (Å²) in [6.45, 7) is 6.71. The molecule has 0 spiro atoms. The number of benzene rings is 2. The van der Waals surface area contributed by atoms with Gasteiger partial charge >= 0.3 is 0 Å². The van der Waals surface area contributed by atoms with Gasteiger partial charge in [-0.25, -0.2) is 0 Å². The highest BCUT2D eigenvalue weighted by molar-refractivity contribution is 5.55. The lowest BCUT2D eigenvalue weighted by Crippen LogP contribution is -2.21. The summed E-state index contributed by atoms with van der Waals surface area (Å²) >= 11 is 0. The molecule has 0 fully saturated rings. The van der Waals surface area contributed by atoms with E-state index in [1.165, 1.54) is 46.3 Å². The third-order valence-electron chi connectivity index (χ3n) is 4.73. The van der Waals surface area contributed by atoms with Gasteiger partial charge in [0.05, 0.1) is 0 Å². The van der Waals surface area contributed by atoms with Crippen LogP contribution in [0.25, 0.3) is 0 Å². The van der Waals surface area contributed by atoms with Crippen molar-refractivity contribution in [1.29, 1.82) is 0 Å². The van der Waals surface area contributed by atoms with Gasteiger partial charge in [-0.2, -0.15) is 0 Å². The van der Waals surface area contributed by atoms with Crippen molar-refractivity contribution in [2.75, 3.05) is 5.32 Å². The highest BCUT2D eigenvalue weighted by Gasteiger charge is 2.14. The number of fused-ring (bicyclic) bond motifs is 1. The zero-order chi connectivity index (χ0) is 14.8. The van der Waals surface area contributed by atoms with E-state index in [9.17, 15) is 0 Å². The molecule has 1 atom stereocenters. The highest BCUT2D eigenvalue weighted by atomic mass is 14.9. The van der Waals surface area contributed by atoms with Crippen molar-refractivity contribution in [1.82, 2.24) is 0 Å². The van der Waals surface area contributed by atoms with E-state index in [1.54, 1.807) is 0 Å². The number of rotatable bonds is 3. The Labute approximate surface area is 128 Å². The molecule has 2 aromatic carbocycles. The maximum absolute atomic E-state index is 3.58. The van der Waals surface area contributed by atoms with Crippen LogP contribution in [0.4, 0.5) is 5.69 Å². The third kappa shape index (κ3) is 3.12. The van der Waals surface area contributed by atoms with Crippen molar-refractivity contribution in [3.05, 3.63) is 64.2 Å². The Balaban J connectivity index is 1.74. The van der Waals surface area contributed by atoms with Gasteiger partial charge in [0.15, 0.2) is 0 Å². The van der Waals surface area contributed by atoms with E-state index in [-0.39, 0.29) is 0 Å². The summed E-state index contributed by atoms with van der Waals surface area (Å²) in [7, 11) is 0. The first kappa shape index (κ1) is 14.2. The molecule has 0 radical (unpaired) electrons. The van der Waals surface area contributed by atoms with Gasteiger partial charge in [0.25, 0.3) is 0 Å². The van der Waals surface area contributed by atoms with Gasteiger partial charge in [0, 0.05) is 11.7 Å². The fourth-order valence-corrected chi connectivity index (χ4v) is 3.37. The smallest absolute Gasteiger partial charge is 0.0374 e. The lowest BCUT2D eigenvalue weighted by Gasteiger charge is -2.24. The van der Waals surface area contributed by atoms with Crippen LogP contribution in [0.2, 0.25) is 0 Å². The van der Waals surface area contributed by atoms with Crippen molar-refractivity contribution < 1.29 is 0 Å². The zero-order valence-electron chi connectivity index (χ0n) is 13.4. The Bertz CT molecular complexity index is 622. The van der Waals surface area contributed by atoms with E-state index in [0.29, 0.717) is 6.04 Å². The maximum Gasteiger partial charge on any atom is 0.0374 e. The van der Waals surface area contributed by atoms with Crippen LogP contribution in [0.15, 0.2) is 36.4 Å². The van der Waals surface area contributed by atoms with Gasteiger partial charge in [-0.15, -0.1) is 0 Å². The lowest BCUT2D eigenvalue weighted by molar-refractivity contribution is 0.680. The van der Waals surface area contributed by atoms with Crippen molar-refractivity contribution in [3.63, 3.8) is 0 Å². The fourth-order valence-electron chi connectivity index (χ4n) is 3.37. The van der Waals surface area contributed by atoms with Crippen LogP contribution >= 0.6 is 0 Å². The second kappa shape index (κ2) is 5.93. The molecule has 1 heterocycles. The minimum atomic E-state index is 0.609. The van der Waals surface area contributed by atoms with Gasteiger partial charge in [-0.05, 0) is 80.3 Å². The third-order valence-corrected chi connectivity index (χ3v) is 4.73. The molecule has 1 nitrogen and oxygen atoms in total. The predicted molar refractivity (Wildman–Crippen MR) is 91.2 cm³/mol. The van der Waals surface area contributed by atoms with E-state index < -0.39 is 0 Å². The molecule has 0 bridgehead atoms. The average Bonchev–Trinajstić information content (AvgIpc) is 2.47. The lowest BCUT2D eigenvalue weighted by atomic mass is 9.93. The first-order chi connectivity index (χ1) is 10.1. The van der Waals surface area contributed by atoms with Gasteiger partial charge in [0.1, 0.15) is 0 Å². The first-order valence-corrected chi connectivity index (χ1v) is 8.07. The highest BCUT2D eigenvalue weighted by Crippen LogP contribution is 2.26. The Kier molecular flexibility index (Phi) is 4.01. The topological polar surface area (TPSA) is 12.0 Å². The van der Waals surface area contributed by atoms with Crippen molar-refractivity contribution >= 4 is 5.69 Å². The van der Waals surface area contributed by atoms with Gasteiger partial charge in [-0.1, -0.05) is 30.3 Å². The van der Waals surface area contributed by atoms with E-state index in [0.717, 1.165) is 12.8 Å². The minimum absolute atomic E-state index is 0.609. The monoisotopic (exact) mass is 279 g/mol. The Morgan fingerprint density at radius 2 is 1.81 bits per heavy atom. The van der Waals surface area contributed by atoms with Gasteiger partial charge < -0.3 is 5.32 Å². The number of hydrogen-bond acceptors (Lipinski definition) is 1. The van der Waals surface area contributed by atoms with Crippen LogP contribution in [-0.4, -0.2) is 6.04 Å². The number of aryl methyl sites for hydroxylation is 4. The maximum atomic E-state index is 3.58. The van der Waals surface area contributed by atoms with E-state index >= 15 is 0 Å². The summed E-state index contributed by atoms with van der Waals surface area (Å²) < 4.78 is 0. The van der Waals surface area contributed by atoms with Crippen LogP contribution in [0.1, 0.15) is 41.2 Å². The molecule has 1 aliphatic heterocycles. The SMILES string of the molecule is Cc1cccc(C)c1CCc1ccc2c(c1)CCC(C)N2. The molecule has 1 heteroatoms. The number of hydrogen-bond donors (Lipinski definition) is 1. The molecule has 0 saturated heterocycles. The summed E-state index contributed by atoms with van der Waals surface area (Å²) in [6, 6.07) is 14.2. The minimum Gasteiger partial charge on any atom is -0.382 e. The van der Waals surface area contributed by atoms with Crippen molar-refractivity contribution in [2.45, 2.75) is 52.5 Å². The van der Waals surface area contributed by atoms with E-state index in [4.69, 9.17) is 0 Å². The van der Waals surface area contributed by atoms with Crippen LogP contribution in [0, 0.1) is 13.8 Å². The second-order valence-electron chi connectivity index (χ2n) is 6.45. The molecular weight excluding hydrogens is 254 g/mol. The Morgan fingerprint density at radius 3 is 2.57 bits per heavy atom. The van der Waals surface area contributed by atoms with Crippen LogP contribution < -0.4 is 5.32 Å². The van der Waals surface area contributed by atoms with Crippen molar-refractivity contribution in [2.24, 2.45) is 0 Å². The average molecular weight is 279 g/mol. The Hall–Kier alpha value is -1.76. The molecule has 0 amide bonds. The summed E-state index contributed by atoms with van der Waals surface area (Å²) in [5.74, 6) is 0. The quantitative estimate of drug-likeness (QED) is 0.848. The number of anilines is 1. The summed E-state index contributed by atoms with van der Waals surface area (Å²) in [4.78, 5) is 0. The van der Waals surface area contributed by atoms with Crippen molar-refractivity contribution in [3.8, 4) is 0 Å². The second-order valence-corrected chi connectivity index (χ2v) is 6.45. The normalized spacial score (nSPS) is 17.2. The molecule has 0 saturated carbocycles. The molecule has 1 N–H and O–H groups in total. The molecular formula is C20H25N. The molecule has 110 valence electrons. The first-order valence-electron chi connectivity index (χ1n) is 8.07. The molecule has 21 heavy (non-hydrogen) atoms. The summed E-state index contributed by atoms with van der Waals surface area (Å²) in [5, 5.41) is 3.58. The largest absolute Gasteiger partial charge is 0.382 e. The van der Waals surface area contributed by atoms with Crippen LogP contribution in [-0.2, 0) is 19.3 Å². The van der Waals surface area contributed by atoms with E-state index in [2.05, 4.69) is 62.5 Å². The molecule has 1 unspecified atom stereocenters. The molecule has 2 aromatic rings. The molecule has 0 aromatic heterocycles. The molecule has 0 aliphatic carbocycles. The number of nitrogens with one attached hydrogen (secondary N) is 1.